The van der Waals surface area contributed by atoms with Crippen LogP contribution in [-0.4, -0.2) is 30.0 Å². The van der Waals surface area contributed by atoms with Crippen LogP contribution in [0.5, 0.6) is 11.5 Å². The number of carbonyl (C=O) groups excluding carboxylic acids is 2. The van der Waals surface area contributed by atoms with Crippen LogP contribution in [0.4, 0.5) is 5.69 Å². The highest BCUT2D eigenvalue weighted by Crippen LogP contribution is 2.43. The summed E-state index contributed by atoms with van der Waals surface area (Å²) in [5, 5.41) is 11.5. The summed E-state index contributed by atoms with van der Waals surface area (Å²) in [6.07, 6.45) is 0.880. The molecule has 3 aromatic rings. The van der Waals surface area contributed by atoms with Gasteiger partial charge in [-0.05, 0) is 85.3 Å². The Kier molecular flexibility index (Phi) is 8.20. The van der Waals surface area contributed by atoms with Crippen LogP contribution < -0.4 is 14.4 Å². The van der Waals surface area contributed by atoms with Crippen LogP contribution in [0.1, 0.15) is 55.5 Å². The summed E-state index contributed by atoms with van der Waals surface area (Å²) >= 11 is 0. The predicted octanol–water partition coefficient (Wildman–Crippen LogP) is 6.75. The first-order chi connectivity index (χ1) is 18.2. The molecule has 1 atom stereocenters. The summed E-state index contributed by atoms with van der Waals surface area (Å²) in [6.45, 7) is 11.2. The number of rotatable bonds is 9. The van der Waals surface area contributed by atoms with Gasteiger partial charge in [0.05, 0.1) is 24.8 Å². The largest absolute Gasteiger partial charge is 0.507 e. The summed E-state index contributed by atoms with van der Waals surface area (Å²) in [7, 11) is 0. The van der Waals surface area contributed by atoms with Crippen LogP contribution in [0.15, 0.2) is 72.3 Å². The molecule has 0 aromatic heterocycles. The van der Waals surface area contributed by atoms with Crippen LogP contribution in [0, 0.1) is 19.8 Å². The lowest BCUT2D eigenvalue weighted by Crippen LogP contribution is -2.29. The molecule has 0 saturated carbocycles. The summed E-state index contributed by atoms with van der Waals surface area (Å²) in [5.41, 5.74) is 3.58. The van der Waals surface area contributed by atoms with Crippen molar-refractivity contribution in [1.29, 1.82) is 0 Å². The Morgan fingerprint density at radius 1 is 0.974 bits per heavy atom. The molecule has 1 saturated heterocycles. The smallest absolute Gasteiger partial charge is 0.300 e. The van der Waals surface area contributed by atoms with E-state index in [1.54, 1.807) is 24.3 Å². The van der Waals surface area contributed by atoms with Crippen molar-refractivity contribution in [2.24, 2.45) is 5.92 Å². The van der Waals surface area contributed by atoms with Gasteiger partial charge in [0.2, 0.25) is 0 Å². The monoisotopic (exact) mass is 513 g/mol. The second kappa shape index (κ2) is 11.5. The minimum absolute atomic E-state index is 0.0500. The van der Waals surface area contributed by atoms with Crippen molar-refractivity contribution in [1.82, 2.24) is 0 Å². The van der Waals surface area contributed by atoms with Crippen LogP contribution in [-0.2, 0) is 9.59 Å². The van der Waals surface area contributed by atoms with E-state index in [1.807, 2.05) is 63.2 Å². The summed E-state index contributed by atoms with van der Waals surface area (Å²) < 4.78 is 11.6. The van der Waals surface area contributed by atoms with E-state index in [1.165, 1.54) is 4.90 Å². The third kappa shape index (κ3) is 5.59. The van der Waals surface area contributed by atoms with Gasteiger partial charge >= 0.3 is 0 Å². The quantitative estimate of drug-likeness (QED) is 0.194. The summed E-state index contributed by atoms with van der Waals surface area (Å²) in [4.78, 5) is 28.3. The number of nitrogens with zero attached hydrogens (tertiary/aromatic N) is 1. The Morgan fingerprint density at radius 2 is 1.71 bits per heavy atom. The van der Waals surface area contributed by atoms with Crippen molar-refractivity contribution >= 4 is 23.1 Å². The van der Waals surface area contributed by atoms with Crippen molar-refractivity contribution < 1.29 is 24.2 Å². The summed E-state index contributed by atoms with van der Waals surface area (Å²) in [5.74, 6) is 0.185. The topological polar surface area (TPSA) is 76.1 Å². The Labute approximate surface area is 224 Å². The second-order valence-corrected chi connectivity index (χ2v) is 10.1. The highest BCUT2D eigenvalue weighted by Gasteiger charge is 2.47. The van der Waals surface area contributed by atoms with E-state index in [0.717, 1.165) is 23.3 Å². The lowest BCUT2D eigenvalue weighted by Gasteiger charge is -2.26. The molecule has 0 aliphatic carbocycles. The molecule has 0 radical (unpaired) electrons. The Bertz CT molecular complexity index is 1360. The van der Waals surface area contributed by atoms with Crippen LogP contribution in [0.2, 0.25) is 0 Å². The maximum absolute atomic E-state index is 13.5. The molecule has 4 rings (SSSR count). The number of aryl methyl sites for hydroxylation is 2. The first-order valence-electron chi connectivity index (χ1n) is 13.1. The first kappa shape index (κ1) is 27.0. The number of anilines is 1. The van der Waals surface area contributed by atoms with Crippen molar-refractivity contribution in [3.8, 4) is 11.5 Å². The fraction of sp³-hybridized carbons (Fsp3) is 0.312. The van der Waals surface area contributed by atoms with Crippen LogP contribution in [0.25, 0.3) is 5.76 Å². The third-order valence-electron chi connectivity index (χ3n) is 6.41. The van der Waals surface area contributed by atoms with Gasteiger partial charge in [-0.2, -0.15) is 0 Å². The van der Waals surface area contributed by atoms with Crippen molar-refractivity contribution in [3.05, 3.63) is 94.6 Å². The fourth-order valence-corrected chi connectivity index (χ4v) is 4.53. The molecule has 1 aliphatic heterocycles. The zero-order chi connectivity index (χ0) is 27.4. The number of ketones is 1. The molecule has 6 heteroatoms. The zero-order valence-electron chi connectivity index (χ0n) is 22.7. The number of hydrogen-bond acceptors (Lipinski definition) is 5. The van der Waals surface area contributed by atoms with Gasteiger partial charge in [0.15, 0.2) is 0 Å². The maximum Gasteiger partial charge on any atom is 0.300 e. The Balaban J connectivity index is 1.82. The Morgan fingerprint density at radius 3 is 2.34 bits per heavy atom. The van der Waals surface area contributed by atoms with Gasteiger partial charge in [0, 0.05) is 11.3 Å². The number of carbonyl (C=O) groups is 2. The van der Waals surface area contributed by atoms with E-state index < -0.39 is 17.7 Å². The molecule has 198 valence electrons. The lowest BCUT2D eigenvalue weighted by atomic mass is 9.94. The van der Waals surface area contributed by atoms with E-state index >= 15 is 0 Å². The average Bonchev–Trinajstić information content (AvgIpc) is 3.16. The predicted molar refractivity (Wildman–Crippen MR) is 150 cm³/mol. The van der Waals surface area contributed by atoms with E-state index in [9.17, 15) is 14.7 Å². The van der Waals surface area contributed by atoms with Gasteiger partial charge in [0.25, 0.3) is 11.7 Å². The van der Waals surface area contributed by atoms with Crippen LogP contribution >= 0.6 is 0 Å². The molecular weight excluding hydrogens is 478 g/mol. The van der Waals surface area contributed by atoms with Gasteiger partial charge in [-0.3, -0.25) is 14.5 Å². The molecule has 1 unspecified atom stereocenters. The molecule has 3 aromatic carbocycles. The molecule has 0 spiro atoms. The molecule has 0 bridgehead atoms. The van der Waals surface area contributed by atoms with E-state index in [0.29, 0.717) is 41.7 Å². The molecule has 1 heterocycles. The molecule has 1 fully saturated rings. The SMILES string of the molecule is CCCOc1ccc(/C(O)=C2/C(=O)C(=O)N(c3cccc(C)c3)C2c2ccc(OCC(C)C)cc2)cc1C. The average molecular weight is 514 g/mol. The van der Waals surface area contributed by atoms with Gasteiger partial charge in [-0.25, -0.2) is 0 Å². The fourth-order valence-electron chi connectivity index (χ4n) is 4.53. The number of Topliss-reactive ketones (excluding diaryl/α,β-unsaturated/α-hetero) is 1. The molecule has 38 heavy (non-hydrogen) atoms. The number of benzene rings is 3. The normalized spacial score (nSPS) is 16.8. The highest BCUT2D eigenvalue weighted by atomic mass is 16.5. The second-order valence-electron chi connectivity index (χ2n) is 10.1. The van der Waals surface area contributed by atoms with Gasteiger partial charge in [0.1, 0.15) is 17.3 Å². The van der Waals surface area contributed by atoms with Gasteiger partial charge < -0.3 is 14.6 Å². The molecule has 6 nitrogen and oxygen atoms in total. The number of aliphatic hydroxyl groups excluding tert-OH is 1. The molecule has 1 amide bonds. The van der Waals surface area contributed by atoms with Crippen molar-refractivity contribution in [2.75, 3.05) is 18.1 Å². The van der Waals surface area contributed by atoms with Gasteiger partial charge in [-0.15, -0.1) is 0 Å². The number of aliphatic hydroxyl groups is 1. The van der Waals surface area contributed by atoms with Crippen LogP contribution in [0.3, 0.4) is 0 Å². The highest BCUT2D eigenvalue weighted by molar-refractivity contribution is 6.51. The maximum atomic E-state index is 13.5. The summed E-state index contributed by atoms with van der Waals surface area (Å²) in [6, 6.07) is 19.3. The number of hydrogen-bond donors (Lipinski definition) is 1. The molecule has 1 aliphatic rings. The lowest BCUT2D eigenvalue weighted by molar-refractivity contribution is -0.132. The number of ether oxygens (including phenoxy) is 2. The number of amides is 1. The minimum atomic E-state index is -0.799. The first-order valence-corrected chi connectivity index (χ1v) is 13.1. The molecular formula is C32H35NO5. The minimum Gasteiger partial charge on any atom is -0.507 e. The van der Waals surface area contributed by atoms with E-state index in [4.69, 9.17) is 9.47 Å². The Hall–Kier alpha value is -4.06. The molecule has 1 N–H and O–H groups in total. The zero-order valence-corrected chi connectivity index (χ0v) is 22.7. The standard InChI is InChI=1S/C32H35NO5/c1-6-16-37-27-15-12-24(18-22(27)5)30(34)28-29(23-10-13-26(14-11-23)38-19-20(2)3)33(32(36)31(28)35)25-9-7-8-21(4)17-25/h7-15,17-18,20,29,34H,6,16,19H2,1-5H3/b30-28-. The van der Waals surface area contributed by atoms with Gasteiger partial charge in [-0.1, -0.05) is 45.0 Å². The van der Waals surface area contributed by atoms with E-state index in [2.05, 4.69) is 13.8 Å². The van der Waals surface area contributed by atoms with Crippen molar-refractivity contribution in [2.45, 2.75) is 47.1 Å². The van der Waals surface area contributed by atoms with E-state index in [-0.39, 0.29) is 11.3 Å². The third-order valence-corrected chi connectivity index (χ3v) is 6.41. The van der Waals surface area contributed by atoms with Crippen molar-refractivity contribution in [3.63, 3.8) is 0 Å².